The van der Waals surface area contributed by atoms with Crippen LogP contribution in [0.5, 0.6) is 0 Å². The Morgan fingerprint density at radius 1 is 0.439 bits per heavy atom. The molecule has 5 N–H and O–H groups in total. The van der Waals surface area contributed by atoms with Crippen LogP contribution in [-0.2, 0) is 66.5 Å². The number of carboxylic acid groups (broad SMARTS) is 2. The van der Waals surface area contributed by atoms with Crippen molar-refractivity contribution in [3.05, 3.63) is 10.4 Å². The van der Waals surface area contributed by atoms with Crippen molar-refractivity contribution >= 4 is 287 Å². The topological polar surface area (TPSA) is 250 Å². The van der Waals surface area contributed by atoms with Gasteiger partial charge in [0.1, 0.15) is 0 Å². The third-order valence-electron chi connectivity index (χ3n) is 25.1. The molecule has 0 aromatic rings. The molecular formula is C71H106BrCl11I5O16SiV2. The van der Waals surface area contributed by atoms with Crippen LogP contribution in [0, 0.1) is 92.7 Å². The number of ketones is 1. The Bertz CT molecular complexity index is 3020. The quantitative estimate of drug-likeness (QED) is 0.0245. The van der Waals surface area contributed by atoms with Crippen LogP contribution in [0.15, 0.2) is 10.4 Å². The van der Waals surface area contributed by atoms with Crippen LogP contribution in [-0.4, -0.2) is 136 Å². The molecule has 20 bridgehead atoms. The van der Waals surface area contributed by atoms with Gasteiger partial charge in [0.05, 0.1) is 45.2 Å². The second-order valence-electron chi connectivity index (χ2n) is 34.5. The molecule has 6 atom stereocenters. The van der Waals surface area contributed by atoms with Crippen molar-refractivity contribution < 1.29 is 92.1 Å². The van der Waals surface area contributed by atoms with E-state index in [1.807, 2.05) is 19.6 Å². The fourth-order valence-corrected chi connectivity index (χ4v) is 28.2. The average Bonchev–Trinajstić information content (AvgIpc) is 0.725. The molecule has 16 nitrogen and oxygen atoms in total. The molecule has 0 amide bonds. The van der Waals surface area contributed by atoms with E-state index in [9.17, 15) is 49.2 Å². The molecule has 107 heavy (non-hydrogen) atoms. The molecule has 0 heterocycles. The molecule has 0 aliphatic heterocycles. The summed E-state index contributed by atoms with van der Waals surface area (Å²) in [7, 11) is 4.25. The molecule has 20 aliphatic carbocycles. The minimum atomic E-state index is -1.94. The summed E-state index contributed by atoms with van der Waals surface area (Å²) in [5.74, 6) is 2.95. The first-order valence-electron chi connectivity index (χ1n) is 35.5. The van der Waals surface area contributed by atoms with Crippen molar-refractivity contribution in [2.45, 2.75) is 265 Å². The number of Topliss-reactive ketones (excluding diaryl/α,β-unsaturated/α-hetero) is 1. The molecule has 36 heteroatoms. The number of aliphatic carboxylic acids is 2. The Labute approximate surface area is 765 Å². The van der Waals surface area contributed by atoms with Crippen molar-refractivity contribution in [3.63, 3.8) is 0 Å². The van der Waals surface area contributed by atoms with Gasteiger partial charge < -0.3 is 48.9 Å². The summed E-state index contributed by atoms with van der Waals surface area (Å²) in [5, 5.41) is 49.6. The van der Waals surface area contributed by atoms with E-state index < -0.39 is 93.8 Å². The number of hydrogen-bond acceptors (Lipinski definition) is 14. The van der Waals surface area contributed by atoms with E-state index in [4.69, 9.17) is 151 Å². The number of esters is 3. The predicted octanol–water partition coefficient (Wildman–Crippen LogP) is 23.4. The van der Waals surface area contributed by atoms with Gasteiger partial charge in [0, 0.05) is 26.0 Å². The number of alkyl halides is 10. The maximum absolute atomic E-state index is 11.9. The molecule has 20 aliphatic rings. The first-order valence-corrected chi connectivity index (χ1v) is 66.4. The summed E-state index contributed by atoms with van der Waals surface area (Å²) in [6, 6.07) is 0. The van der Waals surface area contributed by atoms with Gasteiger partial charge in [-0.15, -0.1) is 0 Å². The molecule has 0 radical (unpaired) electrons. The van der Waals surface area contributed by atoms with Gasteiger partial charge in [0.2, 0.25) is 27.1 Å². The summed E-state index contributed by atoms with van der Waals surface area (Å²) >= 11 is 79.9. The minimum absolute atomic E-state index is 0. The Balaban J connectivity index is 0.000000223. The number of carboxylic acids is 2. The number of ether oxygens (including phenoxy) is 4. The van der Waals surface area contributed by atoms with Gasteiger partial charge >= 0.3 is 144 Å². The summed E-state index contributed by atoms with van der Waals surface area (Å²) in [5.41, 5.74) is -4.28. The van der Waals surface area contributed by atoms with Crippen LogP contribution in [0.25, 0.3) is 0 Å². The molecule has 20 rings (SSSR count). The molecule has 0 saturated heterocycles. The molecular weight excluding hydrogens is 2340 g/mol. The second-order valence-corrected chi connectivity index (χ2v) is 95.0. The number of carbonyl (C=O) groups excluding carboxylic acids is 4. The number of aliphatic hydroxyl groups is 3. The SMILES string of the molecule is BrC12CC3CC(CC(C3)C1)C2.C.C.COC(=O)C(Cl)(Cl)C12CC3CC(CC(C3)C1)C2.COC(=O)C(Cl)(Cl)C12CC3CC(CC(O)(C3)C1)C2.COC(=O)C(Cl)(Cl)Cl.COC(O[Si](C)(C)C)=C(Cl)Cl.O=C(O)C(=O)C12CC3CC(CC(O)(C3)C1)C2.O=C(O)C(Cl)(Cl)C12CC3CC(CC(O)(C3)C1)C2.[I][V]([I])[I].[I][V][I]. The zero-order valence-corrected chi connectivity index (χ0v) is 84.2. The van der Waals surface area contributed by atoms with E-state index >= 15 is 0 Å². The second kappa shape index (κ2) is 40.5. The Kier molecular flexibility index (Phi) is 38.8. The summed E-state index contributed by atoms with van der Waals surface area (Å²) in [4.78, 5) is 67.7. The van der Waals surface area contributed by atoms with Gasteiger partial charge in [-0.2, -0.15) is 0 Å². The zero-order chi connectivity index (χ0) is 79.1. The fraction of sp³-hybridized carbons (Fsp3) is 0.887. The van der Waals surface area contributed by atoms with Crippen LogP contribution < -0.4 is 0 Å². The average molecular weight is 2450 g/mol. The van der Waals surface area contributed by atoms with Crippen LogP contribution >= 0.6 is 243 Å². The molecule has 20 saturated carbocycles. The van der Waals surface area contributed by atoms with Crippen LogP contribution in [0.1, 0.15) is 207 Å². The van der Waals surface area contributed by atoms with Crippen molar-refractivity contribution in [2.24, 2.45) is 92.7 Å². The Morgan fingerprint density at radius 2 is 0.701 bits per heavy atom. The van der Waals surface area contributed by atoms with Crippen molar-refractivity contribution in [2.75, 3.05) is 28.4 Å². The van der Waals surface area contributed by atoms with Crippen LogP contribution in [0.2, 0.25) is 19.6 Å². The predicted molar refractivity (Wildman–Crippen MR) is 470 cm³/mol. The van der Waals surface area contributed by atoms with Crippen molar-refractivity contribution in [3.8, 4) is 0 Å². The molecule has 0 aromatic carbocycles. The normalized spacial score (nSPS) is 38.4. The van der Waals surface area contributed by atoms with Crippen LogP contribution in [0.3, 0.4) is 0 Å². The third kappa shape index (κ3) is 25.6. The Hall–Kier alpha value is 4.95. The van der Waals surface area contributed by atoms with Gasteiger partial charge in [0.25, 0.3) is 9.74 Å². The van der Waals surface area contributed by atoms with E-state index in [0.717, 1.165) is 145 Å². The number of methoxy groups -OCH3 is 4. The molecule has 0 aromatic heterocycles. The molecule has 0 spiro atoms. The standard InChI is InChI=1S/C13H18Cl2O3.C13H18Cl2O2.C12H16Cl2O3.C12H16O4.C10H15Br.C6H12Cl2O2Si.C3H3Cl3O2.2CH4.5HI.2V/c1-18-10(16)13(14,15)11-3-8-2-9(4-11)6-12(17,5-8)7-11;1-17-11(16)13(14,15)12-5-8-2-9(6-12)4-10(3-8)7-12;13-12(14,9(15)16)10-2-7-1-8(3-10)5-11(17,4-7)6-10;13-9(10(14)15)11-2-7-1-8(3-11)5-12(16,4-7)6-11;11-10-4-7-1-8(5-10)3-9(2-7)6-10;1-9-6(5(7)8)10-11(2,3)4;1-8-2(7)3(4,5)6;;;;;;;;;/h8-9,17H,2-7H2,1H3;8-10H,2-7H2,1H3;7-8,17H,1-6H2,(H,15,16);7-8,16H,1-6H2,(H,14,15);7-9H,1-6H2;1-4H3;1H3;2*1H4;5*1H;;/q;;;;;;;;;;;;;;+2;+3/p-5. The van der Waals surface area contributed by atoms with E-state index in [2.05, 4.69) is 121 Å². The zero-order valence-electron chi connectivity index (χ0n) is 59.7. The van der Waals surface area contributed by atoms with E-state index in [0.29, 0.717) is 81.4 Å². The van der Waals surface area contributed by atoms with E-state index in [-0.39, 0.29) is 35.6 Å². The Morgan fingerprint density at radius 3 is 0.916 bits per heavy atom. The monoisotopic (exact) mass is 2440 g/mol. The number of halogens is 17. The number of rotatable bonds is 11. The summed E-state index contributed by atoms with van der Waals surface area (Å²) in [6.45, 7) is 6.05. The summed E-state index contributed by atoms with van der Waals surface area (Å²) < 4.78 is 17.9. The third-order valence-corrected chi connectivity index (χ3v) is 31.0. The molecule has 6 unspecified atom stereocenters. The number of carbonyl (C=O) groups is 6. The first-order chi connectivity index (χ1) is 48.2. The molecule has 619 valence electrons. The summed E-state index contributed by atoms with van der Waals surface area (Å²) in [6.07, 6.45) is 29.9. The van der Waals surface area contributed by atoms with Gasteiger partial charge in [-0.05, 0) is 283 Å². The van der Waals surface area contributed by atoms with Gasteiger partial charge in [-0.25, -0.2) is 24.0 Å². The van der Waals surface area contributed by atoms with E-state index in [1.54, 1.807) is 19.3 Å². The van der Waals surface area contributed by atoms with E-state index in [1.165, 1.54) is 59.9 Å². The van der Waals surface area contributed by atoms with Crippen molar-refractivity contribution in [1.29, 1.82) is 0 Å². The van der Waals surface area contributed by atoms with Gasteiger partial charge in [0.15, 0.2) is 4.49 Å². The van der Waals surface area contributed by atoms with Crippen LogP contribution in [0.4, 0.5) is 0 Å². The molecule has 20 fully saturated rings. The first kappa shape index (κ1) is 102. The number of hydrogen-bond donors (Lipinski definition) is 5. The van der Waals surface area contributed by atoms with Crippen molar-refractivity contribution in [1.82, 2.24) is 0 Å². The maximum atomic E-state index is 11.9. The van der Waals surface area contributed by atoms with Gasteiger partial charge in [-0.3, -0.25) is 4.79 Å². The fourth-order valence-electron chi connectivity index (χ4n) is 23.8. The van der Waals surface area contributed by atoms with Gasteiger partial charge in [-0.1, -0.05) is 158 Å².